The lowest BCUT2D eigenvalue weighted by Crippen LogP contribution is -2.23. The van der Waals surface area contributed by atoms with Crippen LogP contribution in [0.15, 0.2) is 22.7 Å². The van der Waals surface area contributed by atoms with Crippen molar-refractivity contribution in [3.63, 3.8) is 0 Å². The molecule has 0 radical (unpaired) electrons. The van der Waals surface area contributed by atoms with Crippen LogP contribution >= 0.6 is 11.6 Å². The molecule has 0 aliphatic rings. The number of amides is 1. The lowest BCUT2D eigenvalue weighted by molar-refractivity contribution is 0.194. The summed E-state index contributed by atoms with van der Waals surface area (Å²) < 4.78 is 5.16. The minimum atomic E-state index is -1.08. The smallest absolute Gasteiger partial charge is 0.404 e. The first-order chi connectivity index (χ1) is 10.0. The van der Waals surface area contributed by atoms with Gasteiger partial charge in [0.05, 0.1) is 10.6 Å². The van der Waals surface area contributed by atoms with Gasteiger partial charge in [-0.25, -0.2) is 4.79 Å². The molecule has 0 saturated carbocycles. The number of hydrogen-bond donors (Lipinski definition) is 2. The van der Waals surface area contributed by atoms with Crippen LogP contribution in [0.4, 0.5) is 4.79 Å². The van der Waals surface area contributed by atoms with Crippen LogP contribution in [0.3, 0.4) is 0 Å². The summed E-state index contributed by atoms with van der Waals surface area (Å²) in [6.45, 7) is 2.05. The van der Waals surface area contributed by atoms with Crippen molar-refractivity contribution < 1.29 is 14.4 Å². The lowest BCUT2D eigenvalue weighted by Gasteiger charge is -2.05. The zero-order valence-electron chi connectivity index (χ0n) is 11.2. The maximum absolute atomic E-state index is 10.4. The second-order valence-electron chi connectivity index (χ2n) is 4.37. The standard InChI is InChI=1S/C14H12ClN3O3/c1-8-11(3-2-9(7-16)13(8)15)12-6-10(21-18-12)4-5-17-14(19)20/h2-3,6,17H,4-5H2,1H3,(H,19,20). The van der Waals surface area contributed by atoms with Gasteiger partial charge in [0.15, 0.2) is 0 Å². The van der Waals surface area contributed by atoms with Crippen molar-refractivity contribution in [3.8, 4) is 17.3 Å². The molecule has 0 aliphatic heterocycles. The van der Waals surface area contributed by atoms with Gasteiger partial charge in [0.1, 0.15) is 17.5 Å². The Morgan fingerprint density at radius 1 is 1.57 bits per heavy atom. The van der Waals surface area contributed by atoms with Crippen molar-refractivity contribution in [1.29, 1.82) is 5.26 Å². The van der Waals surface area contributed by atoms with Gasteiger partial charge in [-0.2, -0.15) is 5.26 Å². The molecule has 6 nitrogen and oxygen atoms in total. The molecule has 1 aromatic heterocycles. The van der Waals surface area contributed by atoms with Gasteiger partial charge >= 0.3 is 6.09 Å². The zero-order valence-corrected chi connectivity index (χ0v) is 11.9. The van der Waals surface area contributed by atoms with E-state index in [-0.39, 0.29) is 6.54 Å². The van der Waals surface area contributed by atoms with E-state index in [1.165, 1.54) is 0 Å². The lowest BCUT2D eigenvalue weighted by atomic mass is 10.0. The highest BCUT2D eigenvalue weighted by Gasteiger charge is 2.13. The fourth-order valence-corrected chi connectivity index (χ4v) is 2.11. The number of nitrogens with zero attached hydrogens (tertiary/aromatic N) is 2. The van der Waals surface area contributed by atoms with Gasteiger partial charge in [0, 0.05) is 24.6 Å². The monoisotopic (exact) mass is 305 g/mol. The highest BCUT2D eigenvalue weighted by molar-refractivity contribution is 6.32. The summed E-state index contributed by atoms with van der Waals surface area (Å²) in [5, 5.41) is 24.0. The molecule has 0 atom stereocenters. The SMILES string of the molecule is Cc1c(-c2cc(CCNC(=O)O)on2)ccc(C#N)c1Cl. The number of nitriles is 1. The molecule has 0 bridgehead atoms. The number of nitrogens with one attached hydrogen (secondary N) is 1. The molecule has 2 rings (SSSR count). The first kappa shape index (κ1) is 14.9. The van der Waals surface area contributed by atoms with Crippen LogP contribution in [-0.4, -0.2) is 22.9 Å². The maximum atomic E-state index is 10.4. The Labute approximate surface area is 125 Å². The van der Waals surface area contributed by atoms with E-state index < -0.39 is 6.09 Å². The third kappa shape index (κ3) is 3.33. The van der Waals surface area contributed by atoms with Crippen LogP contribution in [0.5, 0.6) is 0 Å². The van der Waals surface area contributed by atoms with Crippen LogP contribution in [0.25, 0.3) is 11.3 Å². The highest BCUT2D eigenvalue weighted by atomic mass is 35.5. The minimum Gasteiger partial charge on any atom is -0.465 e. The topological polar surface area (TPSA) is 99.2 Å². The summed E-state index contributed by atoms with van der Waals surface area (Å²) >= 11 is 6.12. The summed E-state index contributed by atoms with van der Waals surface area (Å²) in [6, 6.07) is 7.14. The summed E-state index contributed by atoms with van der Waals surface area (Å²) in [6.07, 6.45) is -0.674. The van der Waals surface area contributed by atoms with Crippen LogP contribution < -0.4 is 5.32 Å². The van der Waals surface area contributed by atoms with Crippen molar-refractivity contribution in [2.75, 3.05) is 6.54 Å². The molecule has 0 saturated heterocycles. The molecule has 1 amide bonds. The van der Waals surface area contributed by atoms with Gasteiger partial charge < -0.3 is 14.9 Å². The van der Waals surface area contributed by atoms with Crippen LogP contribution in [0.2, 0.25) is 5.02 Å². The van der Waals surface area contributed by atoms with Gasteiger partial charge in [0.2, 0.25) is 0 Å². The minimum absolute atomic E-state index is 0.247. The summed E-state index contributed by atoms with van der Waals surface area (Å²) in [7, 11) is 0. The Morgan fingerprint density at radius 2 is 2.33 bits per heavy atom. The van der Waals surface area contributed by atoms with Crippen LogP contribution in [0.1, 0.15) is 16.9 Å². The number of rotatable bonds is 4. The van der Waals surface area contributed by atoms with Crippen LogP contribution in [0, 0.1) is 18.3 Å². The fraction of sp³-hybridized carbons (Fsp3) is 0.214. The third-order valence-electron chi connectivity index (χ3n) is 2.99. The van der Waals surface area contributed by atoms with E-state index >= 15 is 0 Å². The van der Waals surface area contributed by atoms with Crippen molar-refractivity contribution in [2.45, 2.75) is 13.3 Å². The van der Waals surface area contributed by atoms with Crippen molar-refractivity contribution in [1.82, 2.24) is 10.5 Å². The molecule has 2 aromatic rings. The molecule has 0 spiro atoms. The zero-order chi connectivity index (χ0) is 15.4. The molecule has 1 heterocycles. The molecule has 108 valence electrons. The molecule has 1 aromatic carbocycles. The van der Waals surface area contributed by atoms with Crippen LogP contribution in [-0.2, 0) is 6.42 Å². The number of benzene rings is 1. The van der Waals surface area contributed by atoms with Gasteiger partial charge in [0.25, 0.3) is 0 Å². The Kier molecular flexibility index (Phi) is 4.45. The number of carbonyl (C=O) groups is 1. The molecule has 0 aliphatic carbocycles. The van der Waals surface area contributed by atoms with Gasteiger partial charge in [-0.1, -0.05) is 22.8 Å². The number of halogens is 1. The normalized spacial score (nSPS) is 10.1. The summed E-state index contributed by atoms with van der Waals surface area (Å²) in [4.78, 5) is 10.4. The molecular formula is C14H12ClN3O3. The van der Waals surface area contributed by atoms with E-state index in [9.17, 15) is 4.79 Å². The van der Waals surface area contributed by atoms with E-state index in [1.807, 2.05) is 6.07 Å². The predicted molar refractivity (Wildman–Crippen MR) is 76.1 cm³/mol. The molecule has 7 heteroatoms. The average molecular weight is 306 g/mol. The Hall–Kier alpha value is -2.52. The number of hydrogen-bond acceptors (Lipinski definition) is 4. The Balaban J connectivity index is 2.20. The summed E-state index contributed by atoms with van der Waals surface area (Å²) in [5.41, 5.74) is 2.54. The van der Waals surface area contributed by atoms with Crippen molar-refractivity contribution >= 4 is 17.7 Å². The number of carboxylic acid groups (broad SMARTS) is 1. The molecule has 2 N–H and O–H groups in total. The fourth-order valence-electron chi connectivity index (χ4n) is 1.90. The first-order valence-electron chi connectivity index (χ1n) is 6.15. The predicted octanol–water partition coefficient (Wildman–Crippen LogP) is 2.99. The molecule has 0 unspecified atom stereocenters. The second-order valence-corrected chi connectivity index (χ2v) is 4.75. The molecule has 21 heavy (non-hydrogen) atoms. The van der Waals surface area contributed by atoms with E-state index in [4.69, 9.17) is 26.5 Å². The van der Waals surface area contributed by atoms with Crippen molar-refractivity contribution in [3.05, 3.63) is 40.1 Å². The quantitative estimate of drug-likeness (QED) is 0.904. The van der Waals surface area contributed by atoms with E-state index in [2.05, 4.69) is 10.5 Å². The molecule has 0 fully saturated rings. The van der Waals surface area contributed by atoms with E-state index in [0.29, 0.717) is 28.5 Å². The third-order valence-corrected chi connectivity index (χ3v) is 3.48. The van der Waals surface area contributed by atoms with Crippen molar-refractivity contribution in [2.24, 2.45) is 0 Å². The van der Waals surface area contributed by atoms with E-state index in [1.54, 1.807) is 25.1 Å². The first-order valence-corrected chi connectivity index (χ1v) is 6.52. The Morgan fingerprint density at radius 3 is 3.00 bits per heavy atom. The number of aromatic nitrogens is 1. The molecular weight excluding hydrogens is 294 g/mol. The largest absolute Gasteiger partial charge is 0.465 e. The average Bonchev–Trinajstić information content (AvgIpc) is 2.90. The highest BCUT2D eigenvalue weighted by Crippen LogP contribution is 2.30. The Bertz CT molecular complexity index is 719. The van der Waals surface area contributed by atoms with E-state index in [0.717, 1.165) is 11.1 Å². The maximum Gasteiger partial charge on any atom is 0.404 e. The van der Waals surface area contributed by atoms with Gasteiger partial charge in [-0.15, -0.1) is 0 Å². The van der Waals surface area contributed by atoms with Gasteiger partial charge in [-0.3, -0.25) is 0 Å². The second kappa shape index (κ2) is 6.29. The summed E-state index contributed by atoms with van der Waals surface area (Å²) in [5.74, 6) is 0.568. The van der Waals surface area contributed by atoms with Gasteiger partial charge in [-0.05, 0) is 18.6 Å².